The van der Waals surface area contributed by atoms with E-state index >= 15 is 0 Å². The van der Waals surface area contributed by atoms with Gasteiger partial charge in [-0.1, -0.05) is 13.8 Å². The van der Waals surface area contributed by atoms with Gasteiger partial charge in [0.1, 0.15) is 0 Å². The fraction of sp³-hybridized carbons (Fsp3) is 0.737. The van der Waals surface area contributed by atoms with E-state index in [-0.39, 0.29) is 11.3 Å². The summed E-state index contributed by atoms with van der Waals surface area (Å²) < 4.78 is 11.3. The summed E-state index contributed by atoms with van der Waals surface area (Å²) >= 11 is 0. The first-order chi connectivity index (χ1) is 12.6. The van der Waals surface area contributed by atoms with Crippen molar-refractivity contribution in [1.29, 1.82) is 0 Å². The minimum absolute atomic E-state index is 0.190. The Morgan fingerprint density at radius 1 is 1.27 bits per heavy atom. The van der Waals surface area contributed by atoms with E-state index in [1.165, 1.54) is 0 Å². The Balaban J connectivity index is 1.59. The van der Waals surface area contributed by atoms with Gasteiger partial charge in [-0.2, -0.15) is 0 Å². The van der Waals surface area contributed by atoms with E-state index in [4.69, 9.17) is 14.5 Å². The lowest BCUT2D eigenvalue weighted by atomic mass is 9.80. The number of ether oxygens (including phenoxy) is 2. The van der Waals surface area contributed by atoms with Crippen molar-refractivity contribution in [1.82, 2.24) is 14.9 Å². The standard InChI is InChI=1S/C19H28N4O3/c1-14(2)9-16(24)23-4-3-19(12-23)13-26-11-15-10-20-18(21-17(15)19)22-5-7-25-8-6-22/h10,14H,3-9,11-13H2,1-2H3/t19-/m1/s1. The van der Waals surface area contributed by atoms with Gasteiger partial charge in [-0.25, -0.2) is 9.97 Å². The number of hydrogen-bond acceptors (Lipinski definition) is 6. The van der Waals surface area contributed by atoms with Crippen LogP contribution in [0, 0.1) is 5.92 Å². The number of carbonyl (C=O) groups is 1. The fourth-order valence-corrected chi connectivity index (χ4v) is 4.18. The van der Waals surface area contributed by atoms with Gasteiger partial charge >= 0.3 is 0 Å². The van der Waals surface area contributed by atoms with E-state index < -0.39 is 0 Å². The summed E-state index contributed by atoms with van der Waals surface area (Å²) in [5.41, 5.74) is 1.95. The van der Waals surface area contributed by atoms with Gasteiger partial charge in [0.25, 0.3) is 0 Å². The van der Waals surface area contributed by atoms with Gasteiger partial charge in [0.15, 0.2) is 0 Å². The van der Waals surface area contributed by atoms with Crippen molar-refractivity contribution in [2.45, 2.75) is 38.7 Å². The molecule has 3 aliphatic heterocycles. The molecule has 0 aromatic carbocycles. The van der Waals surface area contributed by atoms with Crippen molar-refractivity contribution >= 4 is 11.9 Å². The third kappa shape index (κ3) is 3.30. The first-order valence-corrected chi connectivity index (χ1v) is 9.62. The molecule has 1 aromatic rings. The average Bonchev–Trinajstić information content (AvgIpc) is 3.07. The minimum Gasteiger partial charge on any atom is -0.378 e. The van der Waals surface area contributed by atoms with Crippen LogP contribution >= 0.6 is 0 Å². The van der Waals surface area contributed by atoms with E-state index in [0.717, 1.165) is 43.3 Å². The molecule has 1 amide bonds. The molecule has 7 nitrogen and oxygen atoms in total. The van der Waals surface area contributed by atoms with Crippen molar-refractivity contribution in [2.24, 2.45) is 5.92 Å². The van der Waals surface area contributed by atoms with Gasteiger partial charge in [-0.15, -0.1) is 0 Å². The number of morpholine rings is 1. The normalized spacial score (nSPS) is 25.8. The molecule has 0 unspecified atom stereocenters. The Kier molecular flexibility index (Phi) is 4.84. The van der Waals surface area contributed by atoms with Gasteiger partial charge in [-0.05, 0) is 12.3 Å². The molecule has 26 heavy (non-hydrogen) atoms. The molecule has 0 bridgehead atoms. The van der Waals surface area contributed by atoms with Gasteiger partial charge in [0.05, 0.1) is 37.5 Å². The number of aromatic nitrogens is 2. The van der Waals surface area contributed by atoms with Crippen LogP contribution in [0.3, 0.4) is 0 Å². The van der Waals surface area contributed by atoms with Gasteiger partial charge in [0, 0.05) is 44.4 Å². The molecule has 0 radical (unpaired) electrons. The largest absolute Gasteiger partial charge is 0.378 e. The molecule has 142 valence electrons. The molecule has 2 fully saturated rings. The third-order valence-corrected chi connectivity index (χ3v) is 5.57. The Labute approximate surface area is 154 Å². The van der Waals surface area contributed by atoms with Crippen LogP contribution in [0.15, 0.2) is 6.20 Å². The molecule has 0 aliphatic carbocycles. The van der Waals surface area contributed by atoms with Crippen molar-refractivity contribution in [3.63, 3.8) is 0 Å². The maximum absolute atomic E-state index is 12.5. The molecule has 1 aromatic heterocycles. The average molecular weight is 360 g/mol. The summed E-state index contributed by atoms with van der Waals surface area (Å²) in [6.07, 6.45) is 3.42. The van der Waals surface area contributed by atoms with Crippen LogP contribution in [0.5, 0.6) is 0 Å². The summed E-state index contributed by atoms with van der Waals surface area (Å²) in [4.78, 5) is 26.2. The summed E-state index contributed by atoms with van der Waals surface area (Å²) in [7, 11) is 0. The molecule has 0 saturated carbocycles. The second-order valence-corrected chi connectivity index (χ2v) is 8.08. The zero-order valence-corrected chi connectivity index (χ0v) is 15.7. The second-order valence-electron chi connectivity index (χ2n) is 8.08. The predicted octanol–water partition coefficient (Wildman–Crippen LogP) is 1.36. The zero-order chi connectivity index (χ0) is 18.1. The van der Waals surface area contributed by atoms with E-state index in [9.17, 15) is 4.79 Å². The van der Waals surface area contributed by atoms with E-state index in [1.54, 1.807) is 0 Å². The zero-order valence-electron chi connectivity index (χ0n) is 15.7. The van der Waals surface area contributed by atoms with Crippen molar-refractivity contribution < 1.29 is 14.3 Å². The monoisotopic (exact) mass is 360 g/mol. The van der Waals surface area contributed by atoms with Crippen molar-refractivity contribution in [2.75, 3.05) is 50.9 Å². The molecule has 2 saturated heterocycles. The van der Waals surface area contributed by atoms with E-state index in [2.05, 4.69) is 23.7 Å². The Morgan fingerprint density at radius 3 is 2.85 bits per heavy atom. The number of anilines is 1. The quantitative estimate of drug-likeness (QED) is 0.811. The van der Waals surface area contributed by atoms with E-state index in [0.29, 0.717) is 45.3 Å². The van der Waals surface area contributed by atoms with Crippen molar-refractivity contribution in [3.05, 3.63) is 17.5 Å². The van der Waals surface area contributed by atoms with E-state index in [1.807, 2.05) is 11.1 Å². The molecular formula is C19H28N4O3. The highest BCUT2D eigenvalue weighted by Crippen LogP contribution is 2.39. The number of hydrogen-bond donors (Lipinski definition) is 0. The molecule has 1 spiro atoms. The third-order valence-electron chi connectivity index (χ3n) is 5.57. The number of nitrogens with zero attached hydrogens (tertiary/aromatic N) is 4. The molecule has 4 rings (SSSR count). The highest BCUT2D eigenvalue weighted by molar-refractivity contribution is 5.77. The summed E-state index contributed by atoms with van der Waals surface area (Å²) in [6.45, 7) is 9.91. The molecule has 0 N–H and O–H groups in total. The smallest absolute Gasteiger partial charge is 0.225 e. The first-order valence-electron chi connectivity index (χ1n) is 9.62. The number of likely N-dealkylation sites (tertiary alicyclic amines) is 1. The summed E-state index contributed by atoms with van der Waals surface area (Å²) in [5, 5.41) is 0. The van der Waals surface area contributed by atoms with Crippen LogP contribution in [0.2, 0.25) is 0 Å². The molecular weight excluding hydrogens is 332 g/mol. The first kappa shape index (κ1) is 17.7. The van der Waals surface area contributed by atoms with Crippen LogP contribution in [-0.4, -0.2) is 66.8 Å². The van der Waals surface area contributed by atoms with Gasteiger partial charge in [0.2, 0.25) is 11.9 Å². The number of fused-ring (bicyclic) bond motifs is 2. The van der Waals surface area contributed by atoms with Crippen LogP contribution in [0.25, 0.3) is 0 Å². The summed E-state index contributed by atoms with van der Waals surface area (Å²) in [5.74, 6) is 1.40. The Hall–Kier alpha value is -1.73. The van der Waals surface area contributed by atoms with Crippen LogP contribution < -0.4 is 4.90 Å². The maximum Gasteiger partial charge on any atom is 0.225 e. The summed E-state index contributed by atoms with van der Waals surface area (Å²) in [6, 6.07) is 0. The van der Waals surface area contributed by atoms with Crippen LogP contribution in [0.4, 0.5) is 5.95 Å². The van der Waals surface area contributed by atoms with Crippen LogP contribution in [0.1, 0.15) is 37.9 Å². The SMILES string of the molecule is CC(C)CC(=O)N1CC[C@]2(COCc3cnc(N4CCOCC4)nc32)C1. The molecule has 1 atom stereocenters. The minimum atomic E-state index is -0.190. The topological polar surface area (TPSA) is 67.8 Å². The number of rotatable bonds is 3. The second kappa shape index (κ2) is 7.12. The number of amides is 1. The predicted molar refractivity (Wildman–Crippen MR) is 97.1 cm³/mol. The lowest BCUT2D eigenvalue weighted by Gasteiger charge is -2.35. The molecule has 7 heteroatoms. The Bertz CT molecular complexity index is 675. The fourth-order valence-electron chi connectivity index (χ4n) is 4.18. The van der Waals surface area contributed by atoms with Gasteiger partial charge in [-0.3, -0.25) is 4.79 Å². The number of carbonyl (C=O) groups excluding carboxylic acids is 1. The maximum atomic E-state index is 12.5. The lowest BCUT2D eigenvalue weighted by molar-refractivity contribution is -0.131. The molecule has 4 heterocycles. The Morgan fingerprint density at radius 2 is 2.08 bits per heavy atom. The van der Waals surface area contributed by atoms with Gasteiger partial charge < -0.3 is 19.3 Å². The van der Waals surface area contributed by atoms with Crippen LogP contribution in [-0.2, 0) is 26.3 Å². The highest BCUT2D eigenvalue weighted by Gasteiger charge is 2.46. The lowest BCUT2D eigenvalue weighted by Crippen LogP contribution is -2.43. The highest BCUT2D eigenvalue weighted by atomic mass is 16.5. The molecule has 3 aliphatic rings. The van der Waals surface area contributed by atoms with Crippen molar-refractivity contribution in [3.8, 4) is 0 Å².